The number of anilines is 5. The van der Waals surface area contributed by atoms with Gasteiger partial charge in [0.25, 0.3) is 0 Å². The van der Waals surface area contributed by atoms with E-state index in [4.69, 9.17) is 24.4 Å². The van der Waals surface area contributed by atoms with Crippen molar-refractivity contribution in [3.05, 3.63) is 59.7 Å². The number of hydrogen-bond donors (Lipinski definition) is 3. The molecule has 2 aromatic carbocycles. The van der Waals surface area contributed by atoms with Crippen molar-refractivity contribution in [1.82, 2.24) is 34.6 Å². The Morgan fingerprint density at radius 3 is 2.37 bits per heavy atom. The minimum Gasteiger partial charge on any atom is -0.494 e. The van der Waals surface area contributed by atoms with E-state index < -0.39 is 19.3 Å². The van der Waals surface area contributed by atoms with Crippen molar-refractivity contribution in [3.63, 3.8) is 0 Å². The molecular weight excluding hydrogens is 832 g/mol. The second kappa shape index (κ2) is 17.7. The van der Waals surface area contributed by atoms with Crippen molar-refractivity contribution in [2.75, 3.05) is 81.9 Å². The first kappa shape index (κ1) is 41.8. The first-order chi connectivity index (χ1) is 27.1. The fraction of sp³-hybridized carbons (Fsp3) is 0.405. The minimum absolute atomic E-state index is 0.362. The number of aryl methyl sites for hydroxylation is 1. The van der Waals surface area contributed by atoms with Crippen LogP contribution in [-0.4, -0.2) is 118 Å². The van der Waals surface area contributed by atoms with Crippen LogP contribution in [0.15, 0.2) is 59.7 Å². The zero-order chi connectivity index (χ0) is 40.9. The van der Waals surface area contributed by atoms with E-state index in [1.165, 1.54) is 0 Å². The number of nitrogens with zero attached hydrogens (tertiary/aromatic N) is 8. The normalized spacial score (nSPS) is 15.5. The second-order valence-electron chi connectivity index (χ2n) is 14.0. The molecule has 57 heavy (non-hydrogen) atoms. The number of carbonyl (C=O) groups is 1. The highest BCUT2D eigenvalue weighted by Crippen LogP contribution is 2.43. The van der Waals surface area contributed by atoms with Crippen LogP contribution >= 0.6 is 23.1 Å². The standard InChI is InChI=1S/C35H42BrN10O3P.C2HF3O2/c1-44-22-24(19-40-44)25-17-29(31(48-2)18-30(25)46-11-7-23(8-12-46)21-45-13-15-49-16-14-45)42-35-39-20-26(36)34(43-35)41-28-6-5-27-32(38-10-9-37-27)33(28)50(3,4)47;3-2(4,5)1(6)7/h5-6,9-10,17-20,22-23H,7-8,11-16,21H2,1-4H3,(H2,39,41,42,43);(H,6,7). The number of ether oxygens (including phenoxy) is 2. The maximum Gasteiger partial charge on any atom is 0.490 e. The SMILES string of the molecule is COc1cc(N2CCC(CN3CCOCC3)CC2)c(-c2cnn(C)c2)cc1Nc1ncc(Br)c(Nc2ccc3nccnc3c2P(C)(C)=O)n1.O=C(O)C(F)(F)F. The number of hydrogen-bond acceptors (Lipinski definition) is 13. The number of morpholine rings is 1. The number of carboxylic acids is 1. The number of carboxylic acid groups (broad SMARTS) is 1. The molecule has 0 bridgehead atoms. The van der Waals surface area contributed by atoms with Gasteiger partial charge < -0.3 is 34.7 Å². The number of fused-ring (bicyclic) bond motifs is 1. The Labute approximate surface area is 335 Å². The molecule has 304 valence electrons. The molecule has 3 N–H and O–H groups in total. The van der Waals surface area contributed by atoms with Gasteiger partial charge in [-0.05, 0) is 66.2 Å². The van der Waals surface area contributed by atoms with Crippen LogP contribution in [-0.2, 0) is 21.1 Å². The molecule has 3 aromatic heterocycles. The zero-order valence-electron chi connectivity index (χ0n) is 31.8. The molecule has 5 aromatic rings. The molecule has 0 atom stereocenters. The third kappa shape index (κ3) is 10.4. The summed E-state index contributed by atoms with van der Waals surface area (Å²) in [5, 5.41) is 19.0. The van der Waals surface area contributed by atoms with Crippen LogP contribution in [0.2, 0.25) is 0 Å². The van der Waals surface area contributed by atoms with E-state index >= 15 is 0 Å². The van der Waals surface area contributed by atoms with E-state index in [-0.39, 0.29) is 0 Å². The summed E-state index contributed by atoms with van der Waals surface area (Å²) in [6, 6.07) is 7.92. The Hall–Kier alpha value is -4.84. The van der Waals surface area contributed by atoms with Gasteiger partial charge in [0.1, 0.15) is 24.2 Å². The lowest BCUT2D eigenvalue weighted by molar-refractivity contribution is -0.192. The predicted octanol–water partition coefficient (Wildman–Crippen LogP) is 6.51. The summed E-state index contributed by atoms with van der Waals surface area (Å²) >= 11 is 3.60. The van der Waals surface area contributed by atoms with E-state index in [1.807, 2.05) is 36.3 Å². The van der Waals surface area contributed by atoms with E-state index in [0.29, 0.717) is 49.9 Å². The second-order valence-corrected chi connectivity index (χ2v) is 18.0. The van der Waals surface area contributed by atoms with E-state index in [0.717, 1.165) is 81.3 Å². The number of halogens is 4. The lowest BCUT2D eigenvalue weighted by Crippen LogP contribution is -2.43. The average Bonchev–Trinajstić information content (AvgIpc) is 3.62. The summed E-state index contributed by atoms with van der Waals surface area (Å²) < 4.78 is 59.2. The highest BCUT2D eigenvalue weighted by Gasteiger charge is 2.38. The van der Waals surface area contributed by atoms with Crippen molar-refractivity contribution >= 4 is 74.2 Å². The van der Waals surface area contributed by atoms with E-state index in [1.54, 1.807) is 39.0 Å². The van der Waals surface area contributed by atoms with Crippen LogP contribution in [0.25, 0.3) is 22.2 Å². The van der Waals surface area contributed by atoms with Crippen LogP contribution in [0.1, 0.15) is 12.8 Å². The summed E-state index contributed by atoms with van der Waals surface area (Å²) in [6.07, 6.45) is 6.02. The quantitative estimate of drug-likeness (QED) is 0.130. The predicted molar refractivity (Wildman–Crippen MR) is 216 cm³/mol. The van der Waals surface area contributed by atoms with Gasteiger partial charge in [-0.15, -0.1) is 0 Å². The van der Waals surface area contributed by atoms with Gasteiger partial charge in [0, 0.05) is 87.4 Å². The number of alkyl halides is 3. The molecule has 2 saturated heterocycles. The topological polar surface area (TPSA) is 173 Å². The molecule has 5 heterocycles. The lowest BCUT2D eigenvalue weighted by atomic mass is 9.94. The summed E-state index contributed by atoms with van der Waals surface area (Å²) in [5.41, 5.74) is 5.82. The molecule has 0 saturated carbocycles. The Balaban J connectivity index is 0.000000719. The van der Waals surface area contributed by atoms with Crippen LogP contribution in [0, 0.1) is 5.92 Å². The van der Waals surface area contributed by atoms with Crippen molar-refractivity contribution < 1.29 is 37.1 Å². The molecule has 2 aliphatic rings. The molecule has 0 unspecified atom stereocenters. The number of benzene rings is 2. The fourth-order valence-corrected chi connectivity index (χ4v) is 8.51. The molecule has 20 heteroatoms. The lowest BCUT2D eigenvalue weighted by Gasteiger charge is -2.38. The van der Waals surface area contributed by atoms with Gasteiger partial charge >= 0.3 is 12.1 Å². The summed E-state index contributed by atoms with van der Waals surface area (Å²) in [7, 11) is 0.838. The van der Waals surface area contributed by atoms with Crippen LogP contribution in [0.3, 0.4) is 0 Å². The molecule has 7 rings (SSSR count). The van der Waals surface area contributed by atoms with Crippen molar-refractivity contribution in [1.29, 1.82) is 0 Å². The molecule has 15 nitrogen and oxygen atoms in total. The molecular formula is C37H43BrF3N10O5P. The van der Waals surface area contributed by atoms with Gasteiger partial charge in [-0.25, -0.2) is 9.78 Å². The van der Waals surface area contributed by atoms with Crippen molar-refractivity contribution in [2.24, 2.45) is 13.0 Å². The Bertz CT molecular complexity index is 2260. The van der Waals surface area contributed by atoms with E-state index in [9.17, 15) is 17.7 Å². The Morgan fingerprint density at radius 1 is 1.04 bits per heavy atom. The van der Waals surface area contributed by atoms with Gasteiger partial charge in [0.05, 0.1) is 53.2 Å². The number of methoxy groups -OCH3 is 1. The maximum absolute atomic E-state index is 13.5. The van der Waals surface area contributed by atoms with Crippen molar-refractivity contribution in [3.8, 4) is 16.9 Å². The molecule has 0 spiro atoms. The smallest absolute Gasteiger partial charge is 0.490 e. The third-order valence-corrected chi connectivity index (χ3v) is 11.7. The van der Waals surface area contributed by atoms with Crippen LogP contribution in [0.4, 0.5) is 42.0 Å². The average molecular weight is 876 g/mol. The first-order valence-electron chi connectivity index (χ1n) is 18.0. The highest BCUT2D eigenvalue weighted by molar-refractivity contribution is 9.10. The number of nitrogens with one attached hydrogen (secondary N) is 2. The summed E-state index contributed by atoms with van der Waals surface area (Å²) in [4.78, 5) is 32.2. The van der Waals surface area contributed by atoms with Gasteiger partial charge in [-0.3, -0.25) is 19.5 Å². The Kier molecular flexibility index (Phi) is 13.0. The maximum atomic E-state index is 13.5. The Morgan fingerprint density at radius 2 is 1.74 bits per heavy atom. The number of piperidine rings is 1. The number of aliphatic carboxylic acids is 1. The van der Waals surface area contributed by atoms with Crippen molar-refractivity contribution in [2.45, 2.75) is 19.0 Å². The minimum atomic E-state index is -5.08. The molecule has 2 aliphatic heterocycles. The van der Waals surface area contributed by atoms with Crippen LogP contribution < -0.4 is 25.6 Å². The van der Waals surface area contributed by atoms with Gasteiger partial charge in [0.15, 0.2) is 0 Å². The summed E-state index contributed by atoms with van der Waals surface area (Å²) in [5.74, 6) is -0.541. The highest BCUT2D eigenvalue weighted by atomic mass is 79.9. The molecule has 2 fully saturated rings. The molecule has 0 amide bonds. The fourth-order valence-electron chi connectivity index (χ4n) is 6.83. The largest absolute Gasteiger partial charge is 0.494 e. The van der Waals surface area contributed by atoms with Gasteiger partial charge in [-0.2, -0.15) is 23.3 Å². The van der Waals surface area contributed by atoms with E-state index in [2.05, 4.69) is 68.5 Å². The third-order valence-electron chi connectivity index (χ3n) is 9.55. The molecule has 0 radical (unpaired) electrons. The summed E-state index contributed by atoms with van der Waals surface area (Å²) in [6.45, 7) is 10.2. The molecule has 0 aliphatic carbocycles. The monoisotopic (exact) mass is 874 g/mol. The number of aromatic nitrogens is 6. The van der Waals surface area contributed by atoms with Gasteiger partial charge in [0.2, 0.25) is 5.95 Å². The first-order valence-corrected chi connectivity index (χ1v) is 21.4. The zero-order valence-corrected chi connectivity index (χ0v) is 34.2. The van der Waals surface area contributed by atoms with Crippen LogP contribution in [0.5, 0.6) is 5.75 Å². The number of rotatable bonds is 10. The van der Waals surface area contributed by atoms with Gasteiger partial charge in [-0.1, -0.05) is 0 Å².